The molecule has 0 bridgehead atoms. The second kappa shape index (κ2) is 4.86. The molecule has 1 aliphatic rings. The number of carbonyl (C=O) groups is 1. The first-order chi connectivity index (χ1) is 9.67. The minimum atomic E-state index is -0.267. The summed E-state index contributed by atoms with van der Waals surface area (Å²) < 4.78 is 12.1. The molecule has 104 valence electrons. The van der Waals surface area contributed by atoms with Crippen LogP contribution in [0, 0.1) is 0 Å². The van der Waals surface area contributed by atoms with E-state index in [0.717, 1.165) is 5.56 Å². The molecule has 20 heavy (non-hydrogen) atoms. The molecule has 0 spiro atoms. The zero-order valence-electron chi connectivity index (χ0n) is 10.9. The van der Waals surface area contributed by atoms with Crippen LogP contribution in [0.3, 0.4) is 0 Å². The Morgan fingerprint density at radius 1 is 1.45 bits per heavy atom. The van der Waals surface area contributed by atoms with Gasteiger partial charge in [-0.25, -0.2) is 0 Å². The van der Waals surface area contributed by atoms with Crippen LogP contribution in [-0.2, 0) is 13.6 Å². The molecular weight excluding hydrogens is 260 g/mol. The topological polar surface area (TPSA) is 91.4 Å². The molecule has 0 saturated heterocycles. The Labute approximate surface area is 115 Å². The van der Waals surface area contributed by atoms with Crippen LogP contribution in [-0.4, -0.2) is 22.5 Å². The molecule has 0 fully saturated rings. The van der Waals surface area contributed by atoms with Crippen molar-refractivity contribution >= 4 is 11.7 Å². The van der Waals surface area contributed by atoms with Gasteiger partial charge in [0.1, 0.15) is 0 Å². The molecule has 3 rings (SSSR count). The first-order valence-electron chi connectivity index (χ1n) is 6.11. The maximum Gasteiger partial charge on any atom is 0.257 e. The van der Waals surface area contributed by atoms with Crippen LogP contribution in [0.15, 0.2) is 24.4 Å². The Hall–Kier alpha value is -2.54. The van der Waals surface area contributed by atoms with Gasteiger partial charge in [-0.3, -0.25) is 9.48 Å². The van der Waals surface area contributed by atoms with Crippen molar-refractivity contribution in [1.82, 2.24) is 9.78 Å². The average molecular weight is 274 g/mol. The standard InChI is InChI=1S/C13H14N4O3/c1-17-6-9(5-14)12(16-17)15-13(18)8-2-3-10-11(4-8)20-7-19-10/h2-4,6H,5,7,14H2,1H3,(H,15,16,18). The van der Waals surface area contributed by atoms with Crippen LogP contribution in [0.5, 0.6) is 11.5 Å². The minimum Gasteiger partial charge on any atom is -0.454 e. The van der Waals surface area contributed by atoms with Crippen molar-refractivity contribution in [3.8, 4) is 11.5 Å². The van der Waals surface area contributed by atoms with Gasteiger partial charge >= 0.3 is 0 Å². The van der Waals surface area contributed by atoms with Crippen LogP contribution in [0.4, 0.5) is 5.82 Å². The number of benzene rings is 1. The number of nitrogens with two attached hydrogens (primary N) is 1. The smallest absolute Gasteiger partial charge is 0.257 e. The van der Waals surface area contributed by atoms with E-state index in [-0.39, 0.29) is 12.7 Å². The summed E-state index contributed by atoms with van der Waals surface area (Å²) in [6.45, 7) is 0.489. The number of carbonyl (C=O) groups excluding carboxylic acids is 1. The highest BCUT2D eigenvalue weighted by atomic mass is 16.7. The highest BCUT2D eigenvalue weighted by Gasteiger charge is 2.17. The summed E-state index contributed by atoms with van der Waals surface area (Å²) in [6.07, 6.45) is 1.77. The van der Waals surface area contributed by atoms with Crippen molar-refractivity contribution in [3.63, 3.8) is 0 Å². The number of aryl methyl sites for hydroxylation is 1. The fraction of sp³-hybridized carbons (Fsp3) is 0.231. The molecule has 0 unspecified atom stereocenters. The lowest BCUT2D eigenvalue weighted by Gasteiger charge is -2.05. The summed E-state index contributed by atoms with van der Waals surface area (Å²) in [7, 11) is 1.77. The van der Waals surface area contributed by atoms with Gasteiger partial charge in [-0.1, -0.05) is 0 Å². The van der Waals surface area contributed by atoms with Gasteiger partial charge in [-0.05, 0) is 18.2 Å². The Morgan fingerprint density at radius 3 is 3.05 bits per heavy atom. The molecule has 1 aromatic carbocycles. The molecule has 3 N–H and O–H groups in total. The molecule has 1 aromatic heterocycles. The van der Waals surface area contributed by atoms with Gasteiger partial charge in [0.05, 0.1) is 0 Å². The van der Waals surface area contributed by atoms with Crippen LogP contribution in [0.25, 0.3) is 0 Å². The monoisotopic (exact) mass is 274 g/mol. The van der Waals surface area contributed by atoms with Crippen molar-refractivity contribution in [2.24, 2.45) is 12.8 Å². The van der Waals surface area contributed by atoms with E-state index in [4.69, 9.17) is 15.2 Å². The fourth-order valence-electron chi connectivity index (χ4n) is 2.01. The van der Waals surface area contributed by atoms with Gasteiger partial charge in [0.25, 0.3) is 5.91 Å². The predicted molar refractivity (Wildman–Crippen MR) is 71.6 cm³/mol. The Morgan fingerprint density at radius 2 is 2.25 bits per heavy atom. The highest BCUT2D eigenvalue weighted by molar-refractivity contribution is 6.04. The lowest BCUT2D eigenvalue weighted by Crippen LogP contribution is -2.14. The number of amides is 1. The normalized spacial score (nSPS) is 12.5. The Balaban J connectivity index is 1.82. The molecule has 1 amide bonds. The van der Waals surface area contributed by atoms with Gasteiger partial charge in [0.15, 0.2) is 17.3 Å². The zero-order valence-corrected chi connectivity index (χ0v) is 10.9. The Kier molecular flexibility index (Phi) is 3.03. The first-order valence-corrected chi connectivity index (χ1v) is 6.11. The number of aromatic nitrogens is 2. The van der Waals surface area contributed by atoms with E-state index < -0.39 is 0 Å². The van der Waals surface area contributed by atoms with Crippen LogP contribution in [0.2, 0.25) is 0 Å². The van der Waals surface area contributed by atoms with Gasteiger partial charge in [-0.15, -0.1) is 0 Å². The highest BCUT2D eigenvalue weighted by Crippen LogP contribution is 2.32. The third-order valence-corrected chi connectivity index (χ3v) is 2.99. The molecule has 0 radical (unpaired) electrons. The van der Waals surface area contributed by atoms with Crippen molar-refractivity contribution in [1.29, 1.82) is 0 Å². The number of ether oxygens (including phenoxy) is 2. The molecule has 0 atom stereocenters. The number of nitrogens with one attached hydrogen (secondary N) is 1. The molecular formula is C13H14N4O3. The largest absolute Gasteiger partial charge is 0.454 e. The third kappa shape index (κ3) is 2.19. The summed E-state index contributed by atoms with van der Waals surface area (Å²) in [6, 6.07) is 5.02. The second-order valence-electron chi connectivity index (χ2n) is 4.40. The molecule has 7 nitrogen and oxygen atoms in total. The number of hydrogen-bond acceptors (Lipinski definition) is 5. The molecule has 7 heteroatoms. The number of rotatable bonds is 3. The van der Waals surface area contributed by atoms with Crippen LogP contribution >= 0.6 is 0 Å². The second-order valence-corrected chi connectivity index (χ2v) is 4.40. The Bertz CT molecular complexity index is 666. The van der Waals surface area contributed by atoms with E-state index in [9.17, 15) is 4.79 Å². The quantitative estimate of drug-likeness (QED) is 0.866. The first kappa shape index (κ1) is 12.5. The van der Waals surface area contributed by atoms with Crippen molar-refractivity contribution in [3.05, 3.63) is 35.5 Å². The summed E-state index contributed by atoms with van der Waals surface area (Å²) in [5, 5.41) is 6.91. The lowest BCUT2D eigenvalue weighted by molar-refractivity contribution is 0.102. The van der Waals surface area contributed by atoms with Crippen molar-refractivity contribution in [2.75, 3.05) is 12.1 Å². The fourth-order valence-corrected chi connectivity index (χ4v) is 2.01. The van der Waals surface area contributed by atoms with Gasteiger partial charge in [0.2, 0.25) is 6.79 Å². The summed E-state index contributed by atoms with van der Waals surface area (Å²) in [5.41, 5.74) is 6.87. The lowest BCUT2D eigenvalue weighted by atomic mass is 10.2. The molecule has 2 heterocycles. The summed E-state index contributed by atoms with van der Waals surface area (Å²) in [4.78, 5) is 12.2. The molecule has 2 aromatic rings. The minimum absolute atomic E-state index is 0.179. The third-order valence-electron chi connectivity index (χ3n) is 2.99. The van der Waals surface area contributed by atoms with Crippen LogP contribution in [0.1, 0.15) is 15.9 Å². The van der Waals surface area contributed by atoms with E-state index in [1.54, 1.807) is 36.1 Å². The van der Waals surface area contributed by atoms with Gasteiger partial charge in [-0.2, -0.15) is 5.10 Å². The molecule has 1 aliphatic heterocycles. The number of fused-ring (bicyclic) bond motifs is 1. The maximum absolute atomic E-state index is 12.2. The zero-order chi connectivity index (χ0) is 14.1. The van der Waals surface area contributed by atoms with Crippen LogP contribution < -0.4 is 20.5 Å². The number of hydrogen-bond donors (Lipinski definition) is 2. The summed E-state index contributed by atoms with van der Waals surface area (Å²) >= 11 is 0. The average Bonchev–Trinajstić information content (AvgIpc) is 3.03. The van der Waals surface area contributed by atoms with E-state index in [1.807, 2.05) is 0 Å². The van der Waals surface area contributed by atoms with Crippen molar-refractivity contribution < 1.29 is 14.3 Å². The van der Waals surface area contributed by atoms with E-state index in [2.05, 4.69) is 10.4 Å². The predicted octanol–water partition coefficient (Wildman–Crippen LogP) is 0.860. The number of nitrogens with zero attached hydrogens (tertiary/aromatic N) is 2. The molecule has 0 saturated carbocycles. The SMILES string of the molecule is Cn1cc(CN)c(NC(=O)c2ccc3c(c2)OCO3)n1. The van der Waals surface area contributed by atoms with Gasteiger partial charge in [0, 0.05) is 30.9 Å². The summed E-state index contributed by atoms with van der Waals surface area (Å²) in [5.74, 6) is 1.41. The maximum atomic E-state index is 12.2. The number of anilines is 1. The van der Waals surface area contributed by atoms with Crippen molar-refractivity contribution in [2.45, 2.75) is 6.54 Å². The van der Waals surface area contributed by atoms with Gasteiger partial charge < -0.3 is 20.5 Å². The van der Waals surface area contributed by atoms with E-state index in [1.165, 1.54) is 0 Å². The van der Waals surface area contributed by atoms with E-state index in [0.29, 0.717) is 29.4 Å². The van der Waals surface area contributed by atoms with E-state index >= 15 is 0 Å². The molecule has 0 aliphatic carbocycles.